The van der Waals surface area contributed by atoms with Gasteiger partial charge in [0.15, 0.2) is 5.78 Å². The zero-order chi connectivity index (χ0) is 14.3. The number of unbranched alkanes of at least 4 members (excludes halogenated alkanes) is 2. The van der Waals surface area contributed by atoms with E-state index in [0.29, 0.717) is 17.6 Å². The lowest BCUT2D eigenvalue weighted by Gasteiger charge is -2.25. The molecular weight excluding hydrogens is 258 g/mol. The Labute approximate surface area is 121 Å². The van der Waals surface area contributed by atoms with Crippen molar-refractivity contribution in [3.63, 3.8) is 0 Å². The van der Waals surface area contributed by atoms with E-state index in [1.807, 2.05) is 0 Å². The van der Waals surface area contributed by atoms with Crippen molar-refractivity contribution < 1.29 is 4.79 Å². The highest BCUT2D eigenvalue weighted by Gasteiger charge is 2.14. The van der Waals surface area contributed by atoms with Gasteiger partial charge < -0.3 is 0 Å². The normalized spacial score (nSPS) is 11.3. The first-order chi connectivity index (χ1) is 9.04. The summed E-state index contributed by atoms with van der Waals surface area (Å²) in [4.78, 5) is 14.5. The molecule has 106 valence electrons. The minimum atomic E-state index is 0.168. The van der Waals surface area contributed by atoms with E-state index in [0.717, 1.165) is 18.5 Å². The molecule has 0 radical (unpaired) electrons. The minimum absolute atomic E-state index is 0.168. The summed E-state index contributed by atoms with van der Waals surface area (Å²) in [7, 11) is 0. The van der Waals surface area contributed by atoms with Gasteiger partial charge in [0, 0.05) is 16.6 Å². The lowest BCUT2D eigenvalue weighted by atomic mass is 10.1. The monoisotopic (exact) mass is 281 g/mol. The number of hydrogen-bond donors (Lipinski definition) is 0. The number of carbonyl (C=O) groups excluding carboxylic acids is 1. The molecule has 0 atom stereocenters. The number of halogens is 1. The molecule has 1 aromatic carbocycles. The van der Waals surface area contributed by atoms with Crippen molar-refractivity contribution in [2.45, 2.75) is 46.1 Å². The average Bonchev–Trinajstić information content (AvgIpc) is 2.38. The average molecular weight is 282 g/mol. The van der Waals surface area contributed by atoms with Crippen LogP contribution < -0.4 is 0 Å². The predicted octanol–water partition coefficient (Wildman–Crippen LogP) is 4.42. The number of nitrogens with zero attached hydrogens (tertiary/aromatic N) is 1. The molecule has 1 rings (SSSR count). The highest BCUT2D eigenvalue weighted by Crippen LogP contribution is 2.11. The van der Waals surface area contributed by atoms with E-state index in [1.165, 1.54) is 12.8 Å². The summed E-state index contributed by atoms with van der Waals surface area (Å²) in [6, 6.07) is 7.54. The molecule has 19 heavy (non-hydrogen) atoms. The maximum atomic E-state index is 12.2. The van der Waals surface area contributed by atoms with Crippen LogP contribution in [-0.2, 0) is 0 Å². The molecule has 0 aliphatic heterocycles. The molecular formula is C16H24ClNO. The molecule has 1 aromatic rings. The first-order valence-corrected chi connectivity index (χ1v) is 7.45. The summed E-state index contributed by atoms with van der Waals surface area (Å²) in [5, 5.41) is 0.667. The summed E-state index contributed by atoms with van der Waals surface area (Å²) in [5.41, 5.74) is 0.741. The van der Waals surface area contributed by atoms with Crippen LogP contribution in [0.3, 0.4) is 0 Å². The molecule has 0 aliphatic rings. The Morgan fingerprint density at radius 3 is 2.37 bits per heavy atom. The third-order valence-corrected chi connectivity index (χ3v) is 3.54. The topological polar surface area (TPSA) is 20.3 Å². The number of ketones is 1. The van der Waals surface area contributed by atoms with Gasteiger partial charge in [0.25, 0.3) is 0 Å². The minimum Gasteiger partial charge on any atom is -0.293 e. The number of rotatable bonds is 8. The van der Waals surface area contributed by atoms with Crippen molar-refractivity contribution in [3.8, 4) is 0 Å². The van der Waals surface area contributed by atoms with Gasteiger partial charge in [0.05, 0.1) is 6.54 Å². The molecule has 0 N–H and O–H groups in total. The Balaban J connectivity index is 2.58. The zero-order valence-corrected chi connectivity index (χ0v) is 12.9. The standard InChI is InChI=1S/C16H24ClNO/c1-4-5-6-11-18(13(2)3)12-16(19)14-7-9-15(17)10-8-14/h7-10,13H,4-6,11-12H2,1-3H3. The van der Waals surface area contributed by atoms with Gasteiger partial charge >= 0.3 is 0 Å². The fraction of sp³-hybridized carbons (Fsp3) is 0.562. The Morgan fingerprint density at radius 1 is 1.21 bits per heavy atom. The maximum absolute atomic E-state index is 12.2. The molecule has 0 aliphatic carbocycles. The second kappa shape index (κ2) is 8.34. The Morgan fingerprint density at radius 2 is 1.84 bits per heavy atom. The highest BCUT2D eigenvalue weighted by atomic mass is 35.5. The van der Waals surface area contributed by atoms with E-state index < -0.39 is 0 Å². The van der Waals surface area contributed by atoms with Crippen LogP contribution in [0.4, 0.5) is 0 Å². The summed E-state index contributed by atoms with van der Waals surface area (Å²) >= 11 is 5.84. The second-order valence-electron chi connectivity index (χ2n) is 5.20. The molecule has 0 saturated carbocycles. The van der Waals surface area contributed by atoms with Crippen LogP contribution in [0.2, 0.25) is 5.02 Å². The van der Waals surface area contributed by atoms with Gasteiger partial charge in [0.1, 0.15) is 0 Å². The third-order valence-electron chi connectivity index (χ3n) is 3.29. The van der Waals surface area contributed by atoms with Gasteiger partial charge in [-0.05, 0) is 51.1 Å². The van der Waals surface area contributed by atoms with Crippen LogP contribution >= 0.6 is 11.6 Å². The van der Waals surface area contributed by atoms with Crippen molar-refractivity contribution in [3.05, 3.63) is 34.9 Å². The molecule has 0 saturated heterocycles. The second-order valence-corrected chi connectivity index (χ2v) is 5.64. The molecule has 2 nitrogen and oxygen atoms in total. The maximum Gasteiger partial charge on any atom is 0.176 e. The van der Waals surface area contributed by atoms with Gasteiger partial charge in [-0.1, -0.05) is 31.4 Å². The first-order valence-electron chi connectivity index (χ1n) is 7.07. The third kappa shape index (κ3) is 5.75. The van der Waals surface area contributed by atoms with Gasteiger partial charge in [-0.2, -0.15) is 0 Å². The number of benzene rings is 1. The van der Waals surface area contributed by atoms with Crippen LogP contribution in [0.1, 0.15) is 50.4 Å². The number of Topliss-reactive ketones (excluding diaryl/α,β-unsaturated/α-hetero) is 1. The number of carbonyl (C=O) groups is 1. The fourth-order valence-electron chi connectivity index (χ4n) is 2.00. The fourth-order valence-corrected chi connectivity index (χ4v) is 2.12. The van der Waals surface area contributed by atoms with Crippen LogP contribution in [0, 0.1) is 0 Å². The Hall–Kier alpha value is -0.860. The molecule has 0 heterocycles. The van der Waals surface area contributed by atoms with E-state index in [9.17, 15) is 4.79 Å². The van der Waals surface area contributed by atoms with E-state index in [-0.39, 0.29) is 5.78 Å². The van der Waals surface area contributed by atoms with Crippen LogP contribution in [0.5, 0.6) is 0 Å². The summed E-state index contributed by atoms with van der Waals surface area (Å²) in [5.74, 6) is 0.168. The zero-order valence-electron chi connectivity index (χ0n) is 12.2. The summed E-state index contributed by atoms with van der Waals surface area (Å²) in [6.45, 7) is 7.95. The van der Waals surface area contributed by atoms with Crippen LogP contribution in [0.25, 0.3) is 0 Å². The van der Waals surface area contributed by atoms with Crippen molar-refractivity contribution in [1.82, 2.24) is 4.90 Å². The molecule has 0 spiro atoms. The van der Waals surface area contributed by atoms with E-state index in [1.54, 1.807) is 24.3 Å². The van der Waals surface area contributed by atoms with E-state index in [4.69, 9.17) is 11.6 Å². The molecule has 0 amide bonds. The van der Waals surface area contributed by atoms with Crippen molar-refractivity contribution in [1.29, 1.82) is 0 Å². The lowest BCUT2D eigenvalue weighted by Crippen LogP contribution is -2.36. The smallest absolute Gasteiger partial charge is 0.176 e. The van der Waals surface area contributed by atoms with Gasteiger partial charge in [-0.25, -0.2) is 0 Å². The van der Waals surface area contributed by atoms with Crippen molar-refractivity contribution in [2.24, 2.45) is 0 Å². The summed E-state index contributed by atoms with van der Waals surface area (Å²) < 4.78 is 0. The summed E-state index contributed by atoms with van der Waals surface area (Å²) in [6.07, 6.45) is 3.58. The van der Waals surface area contributed by atoms with E-state index in [2.05, 4.69) is 25.7 Å². The molecule has 3 heteroatoms. The molecule has 0 fully saturated rings. The SMILES string of the molecule is CCCCCN(CC(=O)c1ccc(Cl)cc1)C(C)C. The van der Waals surface area contributed by atoms with Gasteiger partial charge in [-0.3, -0.25) is 9.69 Å². The molecule has 0 aromatic heterocycles. The van der Waals surface area contributed by atoms with Gasteiger partial charge in [0.2, 0.25) is 0 Å². The lowest BCUT2D eigenvalue weighted by molar-refractivity contribution is 0.0904. The van der Waals surface area contributed by atoms with Crippen LogP contribution in [-0.4, -0.2) is 29.8 Å². The molecule has 0 unspecified atom stereocenters. The Bertz CT molecular complexity index is 386. The van der Waals surface area contributed by atoms with Gasteiger partial charge in [-0.15, -0.1) is 0 Å². The first kappa shape index (κ1) is 16.2. The van der Waals surface area contributed by atoms with Crippen molar-refractivity contribution >= 4 is 17.4 Å². The quantitative estimate of drug-likeness (QED) is 0.519. The molecule has 0 bridgehead atoms. The van der Waals surface area contributed by atoms with Crippen molar-refractivity contribution in [2.75, 3.05) is 13.1 Å². The van der Waals surface area contributed by atoms with Crippen LogP contribution in [0.15, 0.2) is 24.3 Å². The Kier molecular flexibility index (Phi) is 7.11. The van der Waals surface area contributed by atoms with E-state index >= 15 is 0 Å². The number of hydrogen-bond acceptors (Lipinski definition) is 2. The predicted molar refractivity (Wildman–Crippen MR) is 82.0 cm³/mol. The highest BCUT2D eigenvalue weighted by molar-refractivity contribution is 6.30. The largest absolute Gasteiger partial charge is 0.293 e.